The number of para-hydroxylation sites is 1. The average molecular weight is 389 g/mol. The Bertz CT molecular complexity index is 1000. The van der Waals surface area contributed by atoms with Crippen LogP contribution in [0.1, 0.15) is 18.4 Å². The van der Waals surface area contributed by atoms with Crippen LogP contribution in [-0.4, -0.2) is 55.1 Å². The molecule has 0 aliphatic carbocycles. The van der Waals surface area contributed by atoms with Gasteiger partial charge >= 0.3 is 0 Å². The summed E-state index contributed by atoms with van der Waals surface area (Å²) in [5.74, 6) is 0.272. The number of nitrogens with one attached hydrogen (secondary N) is 1. The minimum Gasteiger partial charge on any atom is -0.369 e. The standard InChI is InChI=1S/C24H28N4O/c29-24-9-7-20-4-1-2-5-23(20)28(24)13-3-12-26-14-16-27(17-15-26)21-8-6-19-10-11-25-22(19)18-21/h1-2,4-6,8,10-11,18,25H,3,7,9,12-17H2. The number of fused-ring (bicyclic) bond motifs is 2. The Kier molecular flexibility index (Phi) is 4.98. The summed E-state index contributed by atoms with van der Waals surface area (Å²) in [6.07, 6.45) is 4.54. The number of hydrogen-bond donors (Lipinski definition) is 1. The van der Waals surface area contributed by atoms with E-state index < -0.39 is 0 Å². The highest BCUT2D eigenvalue weighted by Gasteiger charge is 2.24. The number of anilines is 2. The third-order valence-electron chi connectivity index (χ3n) is 6.32. The molecule has 0 atom stereocenters. The van der Waals surface area contributed by atoms with Crippen molar-refractivity contribution in [2.45, 2.75) is 19.3 Å². The second-order valence-corrected chi connectivity index (χ2v) is 8.11. The van der Waals surface area contributed by atoms with Crippen LogP contribution in [0.5, 0.6) is 0 Å². The zero-order valence-corrected chi connectivity index (χ0v) is 16.8. The second-order valence-electron chi connectivity index (χ2n) is 8.11. The normalized spacial score (nSPS) is 17.7. The quantitative estimate of drug-likeness (QED) is 0.725. The van der Waals surface area contributed by atoms with Crippen LogP contribution in [0, 0.1) is 0 Å². The van der Waals surface area contributed by atoms with Gasteiger partial charge in [0.05, 0.1) is 0 Å². The number of piperazine rings is 1. The number of benzene rings is 2. The molecule has 0 radical (unpaired) electrons. The Morgan fingerprint density at radius 3 is 2.66 bits per heavy atom. The summed E-state index contributed by atoms with van der Waals surface area (Å²) >= 11 is 0. The van der Waals surface area contributed by atoms with E-state index in [-0.39, 0.29) is 5.91 Å². The summed E-state index contributed by atoms with van der Waals surface area (Å²) in [5.41, 5.74) is 4.93. The molecule has 0 spiro atoms. The van der Waals surface area contributed by atoms with E-state index in [2.05, 4.69) is 57.2 Å². The summed E-state index contributed by atoms with van der Waals surface area (Å²) in [7, 11) is 0. The molecular weight excluding hydrogens is 360 g/mol. The van der Waals surface area contributed by atoms with Gasteiger partial charge in [-0.3, -0.25) is 9.69 Å². The Morgan fingerprint density at radius 1 is 0.897 bits per heavy atom. The van der Waals surface area contributed by atoms with E-state index in [0.29, 0.717) is 6.42 Å². The molecule has 1 aromatic heterocycles. The van der Waals surface area contributed by atoms with E-state index >= 15 is 0 Å². The monoisotopic (exact) mass is 388 g/mol. The molecule has 29 heavy (non-hydrogen) atoms. The largest absolute Gasteiger partial charge is 0.369 e. The fraction of sp³-hybridized carbons (Fsp3) is 0.375. The molecule has 2 aliphatic rings. The van der Waals surface area contributed by atoms with Crippen molar-refractivity contribution >= 4 is 28.2 Å². The predicted octanol–water partition coefficient (Wildman–Crippen LogP) is 3.66. The number of aryl methyl sites for hydroxylation is 1. The number of amides is 1. The number of carbonyl (C=O) groups is 1. The fourth-order valence-corrected chi connectivity index (χ4v) is 4.66. The lowest BCUT2D eigenvalue weighted by atomic mass is 10.0. The first kappa shape index (κ1) is 18.3. The average Bonchev–Trinajstić information content (AvgIpc) is 3.24. The first-order valence-corrected chi connectivity index (χ1v) is 10.7. The third kappa shape index (κ3) is 3.75. The first-order chi connectivity index (χ1) is 14.3. The summed E-state index contributed by atoms with van der Waals surface area (Å²) in [6.45, 7) is 6.13. The molecule has 5 nitrogen and oxygen atoms in total. The van der Waals surface area contributed by atoms with Crippen LogP contribution in [0.3, 0.4) is 0 Å². The van der Waals surface area contributed by atoms with Crippen molar-refractivity contribution < 1.29 is 4.79 Å². The number of rotatable bonds is 5. The molecular formula is C24H28N4O. The van der Waals surface area contributed by atoms with Gasteiger partial charge in [0.2, 0.25) is 5.91 Å². The molecule has 0 saturated carbocycles. The van der Waals surface area contributed by atoms with Gasteiger partial charge in [-0.15, -0.1) is 0 Å². The van der Waals surface area contributed by atoms with Crippen LogP contribution >= 0.6 is 0 Å². The number of aromatic nitrogens is 1. The molecule has 1 N–H and O–H groups in total. The lowest BCUT2D eigenvalue weighted by Gasteiger charge is -2.36. The molecule has 5 heteroatoms. The van der Waals surface area contributed by atoms with E-state index in [1.54, 1.807) is 0 Å². The molecule has 3 aromatic rings. The molecule has 2 aliphatic heterocycles. The minimum atomic E-state index is 0.272. The van der Waals surface area contributed by atoms with E-state index in [1.165, 1.54) is 22.2 Å². The highest BCUT2D eigenvalue weighted by molar-refractivity contribution is 5.96. The van der Waals surface area contributed by atoms with Gasteiger partial charge in [0, 0.05) is 62.2 Å². The lowest BCUT2D eigenvalue weighted by Crippen LogP contribution is -2.47. The van der Waals surface area contributed by atoms with E-state index in [1.807, 2.05) is 17.2 Å². The van der Waals surface area contributed by atoms with Gasteiger partial charge < -0.3 is 14.8 Å². The Balaban J connectivity index is 1.13. The third-order valence-corrected chi connectivity index (χ3v) is 6.32. The fourth-order valence-electron chi connectivity index (χ4n) is 4.66. The maximum absolute atomic E-state index is 12.4. The van der Waals surface area contributed by atoms with Crippen LogP contribution in [0.15, 0.2) is 54.7 Å². The molecule has 2 aromatic carbocycles. The Morgan fingerprint density at radius 2 is 1.76 bits per heavy atom. The number of carbonyl (C=O) groups excluding carboxylic acids is 1. The molecule has 5 rings (SSSR count). The number of nitrogens with zero attached hydrogens (tertiary/aromatic N) is 3. The van der Waals surface area contributed by atoms with E-state index in [9.17, 15) is 4.79 Å². The minimum absolute atomic E-state index is 0.272. The van der Waals surface area contributed by atoms with Crippen molar-refractivity contribution in [1.29, 1.82) is 0 Å². The topological polar surface area (TPSA) is 42.6 Å². The van der Waals surface area contributed by atoms with Gasteiger partial charge in [0.25, 0.3) is 0 Å². The summed E-state index contributed by atoms with van der Waals surface area (Å²) < 4.78 is 0. The summed E-state index contributed by atoms with van der Waals surface area (Å²) in [4.78, 5) is 22.7. The van der Waals surface area contributed by atoms with Gasteiger partial charge in [-0.05, 0) is 54.6 Å². The summed E-state index contributed by atoms with van der Waals surface area (Å²) in [5, 5.41) is 1.27. The van der Waals surface area contributed by atoms with Crippen LogP contribution in [-0.2, 0) is 11.2 Å². The second kappa shape index (κ2) is 7.91. The summed E-state index contributed by atoms with van der Waals surface area (Å²) in [6, 6.07) is 17.1. The van der Waals surface area contributed by atoms with Crippen LogP contribution in [0.4, 0.5) is 11.4 Å². The van der Waals surface area contributed by atoms with Gasteiger partial charge in [-0.1, -0.05) is 24.3 Å². The van der Waals surface area contributed by atoms with E-state index in [4.69, 9.17) is 0 Å². The smallest absolute Gasteiger partial charge is 0.227 e. The van der Waals surface area contributed by atoms with Gasteiger partial charge in [-0.2, -0.15) is 0 Å². The highest BCUT2D eigenvalue weighted by atomic mass is 16.2. The molecule has 1 fully saturated rings. The molecule has 1 saturated heterocycles. The Hall–Kier alpha value is -2.79. The zero-order valence-electron chi connectivity index (χ0n) is 16.8. The number of hydrogen-bond acceptors (Lipinski definition) is 3. The molecule has 1 amide bonds. The van der Waals surface area contributed by atoms with Crippen molar-refractivity contribution in [3.63, 3.8) is 0 Å². The lowest BCUT2D eigenvalue weighted by molar-refractivity contribution is -0.118. The van der Waals surface area contributed by atoms with Crippen molar-refractivity contribution in [2.24, 2.45) is 0 Å². The maximum atomic E-state index is 12.4. The molecule has 0 bridgehead atoms. The molecule has 3 heterocycles. The van der Waals surface area contributed by atoms with Crippen LogP contribution < -0.4 is 9.80 Å². The van der Waals surface area contributed by atoms with Crippen molar-refractivity contribution in [2.75, 3.05) is 49.1 Å². The molecule has 150 valence electrons. The van der Waals surface area contributed by atoms with Crippen molar-refractivity contribution in [1.82, 2.24) is 9.88 Å². The zero-order chi connectivity index (χ0) is 19.6. The van der Waals surface area contributed by atoms with Crippen molar-refractivity contribution in [3.8, 4) is 0 Å². The first-order valence-electron chi connectivity index (χ1n) is 10.7. The predicted molar refractivity (Wildman–Crippen MR) is 119 cm³/mol. The number of H-pyrrole nitrogens is 1. The Labute approximate surface area is 171 Å². The van der Waals surface area contributed by atoms with Crippen molar-refractivity contribution in [3.05, 3.63) is 60.3 Å². The number of aromatic amines is 1. The molecule has 0 unspecified atom stereocenters. The SMILES string of the molecule is O=C1CCc2ccccc2N1CCCN1CCN(c2ccc3cc[nH]c3c2)CC1. The van der Waals surface area contributed by atoms with Gasteiger partial charge in [-0.25, -0.2) is 0 Å². The van der Waals surface area contributed by atoms with Gasteiger partial charge in [0.1, 0.15) is 0 Å². The van der Waals surface area contributed by atoms with Gasteiger partial charge in [0.15, 0.2) is 0 Å². The van der Waals surface area contributed by atoms with Crippen LogP contribution in [0.2, 0.25) is 0 Å². The van der Waals surface area contributed by atoms with Crippen LogP contribution in [0.25, 0.3) is 10.9 Å². The van der Waals surface area contributed by atoms with E-state index in [0.717, 1.165) is 57.8 Å². The maximum Gasteiger partial charge on any atom is 0.227 e. The highest BCUT2D eigenvalue weighted by Crippen LogP contribution is 2.27.